The summed E-state index contributed by atoms with van der Waals surface area (Å²) in [6.07, 6.45) is 3.51. The van der Waals surface area contributed by atoms with Crippen molar-refractivity contribution in [2.24, 2.45) is 34.2 Å². The third kappa shape index (κ3) is 20.6. The van der Waals surface area contributed by atoms with Crippen LogP contribution in [0.5, 0.6) is 0 Å². The summed E-state index contributed by atoms with van der Waals surface area (Å²) in [5, 5.41) is 35.1. The fraction of sp³-hybridized carbons (Fsp3) is 0.531. The lowest BCUT2D eigenvalue weighted by Crippen LogP contribution is -2.59. The van der Waals surface area contributed by atoms with E-state index in [1.807, 2.05) is 43.3 Å². The van der Waals surface area contributed by atoms with Gasteiger partial charge in [-0.2, -0.15) is 0 Å². The highest BCUT2D eigenvalue weighted by molar-refractivity contribution is 6.00. The molecule has 0 aliphatic carbocycles. The Bertz CT molecular complexity index is 2250. The van der Waals surface area contributed by atoms with Gasteiger partial charge in [-0.15, -0.1) is 0 Å². The van der Waals surface area contributed by atoms with Crippen molar-refractivity contribution in [1.29, 1.82) is 0 Å². The van der Waals surface area contributed by atoms with Crippen LogP contribution in [0.1, 0.15) is 78.7 Å². The summed E-state index contributed by atoms with van der Waals surface area (Å²) in [5.74, 6) is -14.0. The first-order chi connectivity index (χ1) is 34.3. The molecule has 1 aromatic rings. The van der Waals surface area contributed by atoms with Gasteiger partial charge in [-0.1, -0.05) is 81.5 Å². The summed E-state index contributed by atoms with van der Waals surface area (Å²) in [5.41, 5.74) is 12.3. The van der Waals surface area contributed by atoms with Gasteiger partial charge in [0.05, 0.1) is 31.1 Å². The number of carboxylic acid groups (broad SMARTS) is 2. The van der Waals surface area contributed by atoms with Crippen LogP contribution in [0, 0.1) is 17.8 Å². The first-order valence-electron chi connectivity index (χ1n) is 23.6. The normalized spacial score (nSPS) is 24.8. The van der Waals surface area contributed by atoms with Gasteiger partial charge in [0.25, 0.3) is 5.91 Å². The maximum absolute atomic E-state index is 14.4. The molecule has 0 saturated carbocycles. The highest BCUT2D eigenvalue weighted by atomic mass is 16.5. The van der Waals surface area contributed by atoms with Crippen LogP contribution in [0.2, 0.25) is 0 Å². The van der Waals surface area contributed by atoms with E-state index in [0.29, 0.717) is 12.0 Å². The van der Waals surface area contributed by atoms with Crippen LogP contribution < -0.4 is 43.4 Å². The number of benzene rings is 1. The molecule has 24 heteroatoms. The van der Waals surface area contributed by atoms with Crippen LogP contribution in [0.4, 0.5) is 0 Å². The van der Waals surface area contributed by atoms with Crippen molar-refractivity contribution in [2.45, 2.75) is 122 Å². The maximum atomic E-state index is 14.4. The average Bonchev–Trinajstić information content (AvgIpc) is 3.34. The number of aliphatic carboxylic acids is 2. The van der Waals surface area contributed by atoms with Gasteiger partial charge in [0, 0.05) is 39.5 Å². The monoisotopic (exact) mass is 1020 g/mol. The van der Waals surface area contributed by atoms with Crippen LogP contribution >= 0.6 is 0 Å². The van der Waals surface area contributed by atoms with Crippen LogP contribution in [0.25, 0.3) is 0 Å². The molecule has 0 spiro atoms. The molecule has 1 saturated heterocycles. The number of likely N-dealkylation sites (N-methyl/N-ethyl adjacent to an activating group) is 1. The van der Waals surface area contributed by atoms with E-state index in [9.17, 15) is 58.2 Å². The minimum atomic E-state index is -2.00. The Morgan fingerprint density at radius 2 is 1.44 bits per heavy atom. The minimum Gasteiger partial charge on any atom is -0.480 e. The number of methoxy groups -OCH3 is 2. The van der Waals surface area contributed by atoms with Gasteiger partial charge >= 0.3 is 17.9 Å². The predicted octanol–water partition coefficient (Wildman–Crippen LogP) is -0.475. The molecular weight excluding hydrogens is 953 g/mol. The number of carboxylic acids is 2. The largest absolute Gasteiger partial charge is 0.480 e. The topological polar surface area (TPSA) is 369 Å². The number of carbonyl (C=O) groups is 10. The zero-order valence-electron chi connectivity index (χ0n) is 42.6. The third-order valence-electron chi connectivity index (χ3n) is 12.1. The van der Waals surface area contributed by atoms with Crippen molar-refractivity contribution < 1.29 is 67.6 Å². The van der Waals surface area contributed by atoms with Crippen molar-refractivity contribution in [3.05, 3.63) is 72.0 Å². The quantitative estimate of drug-likeness (QED) is 0.0250. The zero-order valence-corrected chi connectivity index (χ0v) is 42.6. The van der Waals surface area contributed by atoms with E-state index in [0.717, 1.165) is 24.5 Å². The second kappa shape index (κ2) is 30.3. The first-order valence-corrected chi connectivity index (χ1v) is 23.6. The number of ether oxygens (including phenoxy) is 2. The molecule has 73 heavy (non-hydrogen) atoms. The fourth-order valence-electron chi connectivity index (χ4n) is 7.39. The number of nitrogens with two attached hydrogens (primary N) is 2. The van der Waals surface area contributed by atoms with Crippen LogP contribution in [-0.2, 0) is 63.8 Å². The van der Waals surface area contributed by atoms with Crippen LogP contribution in [0.3, 0.4) is 0 Å². The van der Waals surface area contributed by atoms with Crippen molar-refractivity contribution in [2.75, 3.05) is 27.8 Å². The molecular formula is C49H72N10O14. The molecule has 1 aliphatic rings. The van der Waals surface area contributed by atoms with Crippen LogP contribution in [-0.4, -0.2) is 150 Å². The summed E-state index contributed by atoms with van der Waals surface area (Å²) < 4.78 is 10.5. The third-order valence-corrected chi connectivity index (χ3v) is 12.1. The molecule has 24 nitrogen and oxygen atoms in total. The molecule has 1 heterocycles. The summed E-state index contributed by atoms with van der Waals surface area (Å²) in [6.45, 7) is 11.1. The predicted molar refractivity (Wildman–Crippen MR) is 266 cm³/mol. The Morgan fingerprint density at radius 1 is 0.836 bits per heavy atom. The van der Waals surface area contributed by atoms with E-state index in [4.69, 9.17) is 16.2 Å². The molecule has 0 bridgehead atoms. The highest BCUT2D eigenvalue weighted by Gasteiger charge is 2.37. The lowest BCUT2D eigenvalue weighted by Gasteiger charge is -2.28. The number of nitrogens with zero attached hydrogens (tertiary/aromatic N) is 2. The van der Waals surface area contributed by atoms with Crippen molar-refractivity contribution in [3.63, 3.8) is 0 Å². The molecule has 12 N–H and O–H groups in total. The van der Waals surface area contributed by atoms with Gasteiger partial charge in [-0.3, -0.25) is 43.3 Å². The second-order valence-electron chi connectivity index (χ2n) is 17.7. The lowest BCUT2D eigenvalue weighted by molar-refractivity contribution is -0.147. The van der Waals surface area contributed by atoms with Crippen molar-refractivity contribution in [1.82, 2.24) is 36.8 Å². The number of hydrogen-bond donors (Lipinski definition) is 10. The van der Waals surface area contributed by atoms with Gasteiger partial charge in [0.1, 0.15) is 35.9 Å². The number of guanidine groups is 1. The smallest absolute Gasteiger partial charge is 0.327 e. The molecule has 1 fully saturated rings. The number of hydrogen-bond acceptors (Lipinski definition) is 13. The van der Waals surface area contributed by atoms with Gasteiger partial charge in [0.15, 0.2) is 5.96 Å². The summed E-state index contributed by atoms with van der Waals surface area (Å²) in [4.78, 5) is 138. The number of nitrogens with one attached hydrogen (secondary N) is 6. The number of amides is 7. The Morgan fingerprint density at radius 3 is 2.03 bits per heavy atom. The van der Waals surface area contributed by atoms with E-state index in [1.165, 1.54) is 27.0 Å². The van der Waals surface area contributed by atoms with Gasteiger partial charge in [-0.25, -0.2) is 9.59 Å². The van der Waals surface area contributed by atoms with Gasteiger partial charge in [0.2, 0.25) is 35.4 Å². The number of carbonyl (C=O) groups excluding carboxylic acids is 8. The molecule has 2 rings (SSSR count). The fourth-order valence-corrected chi connectivity index (χ4v) is 7.39. The zero-order chi connectivity index (χ0) is 55.1. The Kier molecular flexibility index (Phi) is 25.5. The first kappa shape index (κ1) is 61.5. The molecule has 402 valence electrons. The van der Waals surface area contributed by atoms with E-state index in [-0.39, 0.29) is 37.4 Å². The van der Waals surface area contributed by atoms with Crippen molar-refractivity contribution >= 4 is 65.2 Å². The van der Waals surface area contributed by atoms with E-state index in [1.54, 1.807) is 20.1 Å². The number of aliphatic imine (C=N–C) groups is 1. The molecule has 1 aromatic carbocycles. The van der Waals surface area contributed by atoms with Crippen molar-refractivity contribution in [3.8, 4) is 0 Å². The van der Waals surface area contributed by atoms with E-state index in [2.05, 4.69) is 48.2 Å². The average molecular weight is 1030 g/mol. The summed E-state index contributed by atoms with van der Waals surface area (Å²) in [6, 6.07) is 0.314. The van der Waals surface area contributed by atoms with E-state index < -0.39 is 139 Å². The lowest BCUT2D eigenvalue weighted by atomic mass is 9.94. The molecule has 0 radical (unpaired) electrons. The molecule has 1 aliphatic heterocycles. The Balaban J connectivity index is 2.74. The van der Waals surface area contributed by atoms with Gasteiger partial charge < -0.3 is 68.0 Å². The summed E-state index contributed by atoms with van der Waals surface area (Å²) >= 11 is 0. The van der Waals surface area contributed by atoms with E-state index >= 15 is 0 Å². The Labute approximate surface area is 424 Å². The molecule has 10 atom stereocenters. The molecule has 0 unspecified atom stereocenters. The molecule has 7 amide bonds. The SMILES string of the molecule is C=C1C(=O)N[C@H](C)C(=O)N[C@@H](CCC(=O)OC)C(=O)N[C@@H](C(=O)O)[C@H](C)C(=O)N[C@@H](CCCN=C(N)N)C(=O)N[C@@H](/C=C/C(C)=C/[C@H](C)[C@H](Cc2ccccc2)OC)[C@H](C)C(=O)N[C@@H](C(=O)O)CCC(=O)N1C. The number of esters is 1. The maximum Gasteiger partial charge on any atom is 0.327 e. The second-order valence-corrected chi connectivity index (χ2v) is 17.7. The minimum absolute atomic E-state index is 0.00758. The Hall–Kier alpha value is -7.63. The van der Waals surface area contributed by atoms with Gasteiger partial charge in [-0.05, 0) is 51.5 Å². The summed E-state index contributed by atoms with van der Waals surface area (Å²) in [7, 11) is 3.85. The number of allylic oxidation sites excluding steroid dienone is 2. The number of rotatable bonds is 16. The molecule has 0 aromatic heterocycles. The standard InChI is InChI=1S/C49H72N10O14/c1-26(24-27(2)37(72-8)25-32-14-11-10-12-15-32)17-18-33-28(3)41(62)57-36(47(68)69)19-21-38(60)59(7)31(6)44(65)53-30(5)43(64)56-35(20-22-39(61)73-9)46(67)58-40(48(70)71)29(4)42(63)55-34(45(66)54-33)16-13-23-52-49(50)51/h10-12,14-15,17-18,24,27-30,33-37,40H,6,13,16,19-23,25H2,1-5,7-9H3,(H,53,65)(H,54,66)(H,55,63)(H,56,64)(H,57,62)(H,58,67)(H,68,69)(H,70,71)(H4,50,51,52)/b18-17+,26-24+/t27-,28-,29-,30+,33-,34-,35-,36+,37-,40+/m0/s1. The van der Waals surface area contributed by atoms with Crippen LogP contribution in [0.15, 0.2) is 71.4 Å². The highest BCUT2D eigenvalue weighted by Crippen LogP contribution is 2.19.